The summed E-state index contributed by atoms with van der Waals surface area (Å²) in [4.78, 5) is 13.6. The van der Waals surface area contributed by atoms with Crippen molar-refractivity contribution in [3.8, 4) is 0 Å². The third kappa shape index (κ3) is 1.83. The maximum atomic E-state index is 12.0. The highest BCUT2D eigenvalue weighted by molar-refractivity contribution is 5.94. The van der Waals surface area contributed by atoms with Gasteiger partial charge >= 0.3 is 0 Å². The van der Waals surface area contributed by atoms with Crippen molar-refractivity contribution < 1.29 is 9.90 Å². The van der Waals surface area contributed by atoms with Crippen LogP contribution < -0.4 is 5.73 Å². The molecule has 1 fully saturated rings. The van der Waals surface area contributed by atoms with E-state index in [9.17, 15) is 9.90 Å². The number of aliphatic hydroxyl groups is 1. The Morgan fingerprint density at radius 3 is 2.87 bits per heavy atom. The first kappa shape index (κ1) is 10.0. The van der Waals surface area contributed by atoms with Gasteiger partial charge in [0.2, 0.25) is 0 Å². The number of β-amino-alcohol motifs (C(OH)–C–C–N with tert-alkyl or cyclic N) is 1. The fourth-order valence-corrected chi connectivity index (χ4v) is 1.89. The molecule has 2 rings (SSSR count). The number of likely N-dealkylation sites (tertiary alicyclic amines) is 1. The molecule has 2 heterocycles. The lowest BCUT2D eigenvalue weighted by molar-refractivity contribution is 0.0755. The number of nitrogens with zero attached hydrogens (tertiary/aromatic N) is 2. The van der Waals surface area contributed by atoms with Crippen LogP contribution in [0, 0.1) is 0 Å². The Morgan fingerprint density at radius 2 is 2.40 bits per heavy atom. The molecule has 1 amide bonds. The van der Waals surface area contributed by atoms with E-state index in [0.29, 0.717) is 30.9 Å². The highest BCUT2D eigenvalue weighted by Gasteiger charge is 2.26. The summed E-state index contributed by atoms with van der Waals surface area (Å²) in [6.45, 7) is 1.04. The van der Waals surface area contributed by atoms with Gasteiger partial charge in [-0.05, 0) is 12.5 Å². The van der Waals surface area contributed by atoms with Gasteiger partial charge in [-0.25, -0.2) is 0 Å². The van der Waals surface area contributed by atoms with Gasteiger partial charge < -0.3 is 20.3 Å². The molecule has 82 valence electrons. The van der Waals surface area contributed by atoms with E-state index in [1.165, 1.54) is 0 Å². The molecule has 1 atom stereocenters. The molecule has 0 aliphatic carbocycles. The van der Waals surface area contributed by atoms with Gasteiger partial charge in [-0.3, -0.25) is 4.79 Å². The topological polar surface area (TPSA) is 71.5 Å². The average molecular weight is 209 g/mol. The second-order valence-electron chi connectivity index (χ2n) is 3.96. The summed E-state index contributed by atoms with van der Waals surface area (Å²) in [7, 11) is 1.79. The molecule has 1 aliphatic heterocycles. The molecule has 0 aromatic carbocycles. The molecule has 0 radical (unpaired) electrons. The molecule has 1 aliphatic rings. The van der Waals surface area contributed by atoms with Crippen LogP contribution in [0.2, 0.25) is 0 Å². The minimum Gasteiger partial charge on any atom is -0.397 e. The molecular formula is C10H15N3O2. The van der Waals surface area contributed by atoms with Crippen LogP contribution in [0.25, 0.3) is 0 Å². The molecule has 0 bridgehead atoms. The van der Waals surface area contributed by atoms with E-state index < -0.39 is 0 Å². The fourth-order valence-electron chi connectivity index (χ4n) is 1.89. The van der Waals surface area contributed by atoms with Crippen LogP contribution in [-0.2, 0) is 7.05 Å². The number of aromatic nitrogens is 1. The van der Waals surface area contributed by atoms with Crippen molar-refractivity contribution in [2.24, 2.45) is 7.05 Å². The van der Waals surface area contributed by atoms with Gasteiger partial charge in [0, 0.05) is 26.3 Å². The number of amides is 1. The molecule has 5 heteroatoms. The lowest BCUT2D eigenvalue weighted by Crippen LogP contribution is -2.30. The molecule has 5 nitrogen and oxygen atoms in total. The predicted molar refractivity (Wildman–Crippen MR) is 56.4 cm³/mol. The average Bonchev–Trinajstić information content (AvgIpc) is 2.71. The molecule has 0 saturated carbocycles. The Morgan fingerprint density at radius 1 is 1.67 bits per heavy atom. The Labute approximate surface area is 88.1 Å². The molecule has 1 saturated heterocycles. The highest BCUT2D eigenvalue weighted by Crippen LogP contribution is 2.16. The van der Waals surface area contributed by atoms with Crippen LogP contribution >= 0.6 is 0 Å². The van der Waals surface area contributed by atoms with E-state index >= 15 is 0 Å². The SMILES string of the molecule is Cn1cc(N)cc1C(=O)N1CC[C@@H](O)C1. The Balaban J connectivity index is 2.17. The maximum Gasteiger partial charge on any atom is 0.270 e. The smallest absolute Gasteiger partial charge is 0.270 e. The second-order valence-corrected chi connectivity index (χ2v) is 3.96. The maximum absolute atomic E-state index is 12.0. The van der Waals surface area contributed by atoms with Gasteiger partial charge in [-0.15, -0.1) is 0 Å². The number of carbonyl (C=O) groups excluding carboxylic acids is 1. The first-order chi connectivity index (χ1) is 7.08. The fraction of sp³-hybridized carbons (Fsp3) is 0.500. The van der Waals surface area contributed by atoms with Gasteiger partial charge in [0.1, 0.15) is 5.69 Å². The van der Waals surface area contributed by atoms with Crippen molar-refractivity contribution in [1.29, 1.82) is 0 Å². The van der Waals surface area contributed by atoms with E-state index in [1.807, 2.05) is 0 Å². The Bertz CT molecular complexity index is 386. The van der Waals surface area contributed by atoms with Crippen LogP contribution in [0.1, 0.15) is 16.9 Å². The van der Waals surface area contributed by atoms with Gasteiger partial charge in [0.05, 0.1) is 11.8 Å². The lowest BCUT2D eigenvalue weighted by atomic mass is 10.3. The zero-order valence-corrected chi connectivity index (χ0v) is 8.68. The van der Waals surface area contributed by atoms with Gasteiger partial charge in [0.15, 0.2) is 0 Å². The highest BCUT2D eigenvalue weighted by atomic mass is 16.3. The number of nitrogens with two attached hydrogens (primary N) is 1. The molecule has 1 aromatic rings. The van der Waals surface area contributed by atoms with Crippen LogP contribution in [-0.4, -0.2) is 39.7 Å². The first-order valence-electron chi connectivity index (χ1n) is 4.97. The van der Waals surface area contributed by atoms with Crippen LogP contribution in [0.5, 0.6) is 0 Å². The largest absolute Gasteiger partial charge is 0.397 e. The number of hydrogen-bond acceptors (Lipinski definition) is 3. The summed E-state index contributed by atoms with van der Waals surface area (Å²) in [6.07, 6.45) is 1.98. The van der Waals surface area contributed by atoms with Crippen molar-refractivity contribution >= 4 is 11.6 Å². The summed E-state index contributed by atoms with van der Waals surface area (Å²) >= 11 is 0. The summed E-state index contributed by atoms with van der Waals surface area (Å²) in [5.41, 5.74) is 6.76. The van der Waals surface area contributed by atoms with Gasteiger partial charge in [-0.1, -0.05) is 0 Å². The van der Waals surface area contributed by atoms with Crippen molar-refractivity contribution in [3.63, 3.8) is 0 Å². The number of nitrogen functional groups attached to an aromatic ring is 1. The van der Waals surface area contributed by atoms with Crippen molar-refractivity contribution in [1.82, 2.24) is 9.47 Å². The Kier molecular flexibility index (Phi) is 2.40. The van der Waals surface area contributed by atoms with E-state index in [2.05, 4.69) is 0 Å². The number of aliphatic hydroxyl groups excluding tert-OH is 1. The molecular weight excluding hydrogens is 194 g/mol. The van der Waals surface area contributed by atoms with Gasteiger partial charge in [0.25, 0.3) is 5.91 Å². The summed E-state index contributed by atoms with van der Waals surface area (Å²) in [5, 5.41) is 9.34. The van der Waals surface area contributed by atoms with E-state index in [0.717, 1.165) is 0 Å². The third-order valence-corrected chi connectivity index (χ3v) is 2.70. The van der Waals surface area contributed by atoms with E-state index in [4.69, 9.17) is 5.73 Å². The van der Waals surface area contributed by atoms with Crippen LogP contribution in [0.3, 0.4) is 0 Å². The number of rotatable bonds is 1. The molecule has 15 heavy (non-hydrogen) atoms. The number of anilines is 1. The minimum atomic E-state index is -0.383. The van der Waals surface area contributed by atoms with E-state index in [-0.39, 0.29) is 12.0 Å². The molecule has 1 aromatic heterocycles. The second kappa shape index (κ2) is 3.58. The van der Waals surface area contributed by atoms with Crippen LogP contribution in [0.4, 0.5) is 5.69 Å². The first-order valence-corrected chi connectivity index (χ1v) is 4.97. The van der Waals surface area contributed by atoms with Crippen LogP contribution in [0.15, 0.2) is 12.3 Å². The summed E-state index contributed by atoms with van der Waals surface area (Å²) in [6, 6.07) is 1.66. The lowest BCUT2D eigenvalue weighted by Gasteiger charge is -2.15. The normalized spacial score (nSPS) is 20.9. The summed E-state index contributed by atoms with van der Waals surface area (Å²) < 4.78 is 1.71. The quantitative estimate of drug-likeness (QED) is 0.673. The number of aryl methyl sites for hydroxylation is 1. The summed E-state index contributed by atoms with van der Waals surface area (Å²) in [5.74, 6) is -0.0641. The zero-order valence-electron chi connectivity index (χ0n) is 8.68. The third-order valence-electron chi connectivity index (χ3n) is 2.70. The minimum absolute atomic E-state index is 0.0641. The van der Waals surface area contributed by atoms with Crippen molar-refractivity contribution in [2.45, 2.75) is 12.5 Å². The van der Waals surface area contributed by atoms with Crippen molar-refractivity contribution in [3.05, 3.63) is 18.0 Å². The standard InChI is InChI=1S/C10H15N3O2/c1-12-5-7(11)4-9(12)10(15)13-3-2-8(14)6-13/h4-5,8,14H,2-3,6,11H2,1H3/t8-/m1/s1. The number of hydrogen-bond donors (Lipinski definition) is 2. The number of carbonyl (C=O) groups is 1. The predicted octanol–water partition coefficient (Wildman–Crippen LogP) is -0.186. The van der Waals surface area contributed by atoms with Gasteiger partial charge in [-0.2, -0.15) is 0 Å². The molecule has 0 spiro atoms. The van der Waals surface area contributed by atoms with Crippen molar-refractivity contribution in [2.75, 3.05) is 18.8 Å². The van der Waals surface area contributed by atoms with E-state index in [1.54, 1.807) is 28.8 Å². The molecule has 3 N–H and O–H groups in total. The monoisotopic (exact) mass is 209 g/mol. The zero-order chi connectivity index (χ0) is 11.0. The Hall–Kier alpha value is -1.49. The molecule has 0 unspecified atom stereocenters.